The molecule has 2 nitrogen and oxygen atoms in total. The number of rotatable bonds is 8. The maximum Gasteiger partial charge on any atom is 0.120 e. The summed E-state index contributed by atoms with van der Waals surface area (Å²) in [6.07, 6.45) is 14.2. The van der Waals surface area contributed by atoms with E-state index in [-0.39, 0.29) is 0 Å². The lowest BCUT2D eigenvalue weighted by molar-refractivity contribution is -0.107. The molecule has 76 valence electrons. The molecule has 2 heteroatoms. The van der Waals surface area contributed by atoms with Crippen LogP contribution in [-0.4, -0.2) is 6.29 Å². The second kappa shape index (κ2) is 11.6. The van der Waals surface area contributed by atoms with E-state index in [2.05, 4.69) is 18.2 Å². The van der Waals surface area contributed by atoms with Gasteiger partial charge < -0.3 is 4.79 Å². The number of carbonyl (C=O) groups excluding carboxylic acids is 1. The molecule has 0 bridgehead atoms. The largest absolute Gasteiger partial charge is 0.303 e. The van der Waals surface area contributed by atoms with Crippen molar-refractivity contribution in [3.63, 3.8) is 0 Å². The summed E-state index contributed by atoms with van der Waals surface area (Å²) in [4.78, 5) is 9.97. The molecule has 0 aromatic rings. The van der Waals surface area contributed by atoms with Gasteiger partial charge in [-0.1, -0.05) is 24.3 Å². The van der Waals surface area contributed by atoms with E-state index in [1.807, 2.05) is 12.2 Å². The third-order valence-corrected chi connectivity index (χ3v) is 1.71. The molecule has 0 spiro atoms. The van der Waals surface area contributed by atoms with Gasteiger partial charge in [0.05, 0.1) is 6.07 Å². The van der Waals surface area contributed by atoms with Crippen LogP contribution < -0.4 is 0 Å². The smallest absolute Gasteiger partial charge is 0.120 e. The van der Waals surface area contributed by atoms with E-state index in [9.17, 15) is 4.79 Å². The van der Waals surface area contributed by atoms with E-state index in [4.69, 9.17) is 5.26 Å². The van der Waals surface area contributed by atoms with Gasteiger partial charge in [-0.3, -0.25) is 0 Å². The van der Waals surface area contributed by atoms with Gasteiger partial charge in [0.25, 0.3) is 0 Å². The standard InChI is InChI=1S/C12H17NO/c13-11-9-7-5-3-1-2-4-6-8-10-12-14/h3-6,12H,1-2,7-10H2/b5-3+,6-4+. The summed E-state index contributed by atoms with van der Waals surface area (Å²) in [6.45, 7) is 0. The Morgan fingerprint density at radius 2 is 1.36 bits per heavy atom. The average Bonchev–Trinajstić information content (AvgIpc) is 2.21. The molecule has 0 unspecified atom stereocenters. The number of nitriles is 1. The van der Waals surface area contributed by atoms with E-state index >= 15 is 0 Å². The number of allylic oxidation sites excluding steroid dienone is 4. The third-order valence-electron chi connectivity index (χ3n) is 1.71. The van der Waals surface area contributed by atoms with Crippen LogP contribution in [0.25, 0.3) is 0 Å². The Hall–Kier alpha value is -1.36. The number of carbonyl (C=O) groups is 1. The summed E-state index contributed by atoms with van der Waals surface area (Å²) in [5, 5.41) is 8.27. The molecule has 0 fully saturated rings. The molecule has 0 amide bonds. The fourth-order valence-electron chi connectivity index (χ4n) is 0.976. The number of aldehydes is 1. The molecule has 0 N–H and O–H groups in total. The van der Waals surface area contributed by atoms with Crippen LogP contribution in [0.15, 0.2) is 24.3 Å². The van der Waals surface area contributed by atoms with Crippen molar-refractivity contribution in [3.8, 4) is 6.07 Å². The fraction of sp³-hybridized carbons (Fsp3) is 0.500. The summed E-state index contributed by atoms with van der Waals surface area (Å²) in [5.74, 6) is 0. The number of unbranched alkanes of at least 4 members (excludes halogenated alkanes) is 3. The zero-order valence-corrected chi connectivity index (χ0v) is 8.48. The van der Waals surface area contributed by atoms with E-state index in [1.165, 1.54) is 0 Å². The number of nitrogens with zero attached hydrogens (tertiary/aromatic N) is 1. The summed E-state index contributed by atoms with van der Waals surface area (Å²) in [5.41, 5.74) is 0. The molecule has 14 heavy (non-hydrogen) atoms. The molecule has 0 aliphatic heterocycles. The Bertz CT molecular complexity index is 223. The van der Waals surface area contributed by atoms with Crippen LogP contribution in [0, 0.1) is 11.3 Å². The summed E-state index contributed by atoms with van der Waals surface area (Å²) >= 11 is 0. The van der Waals surface area contributed by atoms with Crippen LogP contribution in [0.3, 0.4) is 0 Å². The quantitative estimate of drug-likeness (QED) is 0.336. The minimum absolute atomic E-state index is 0.603. The van der Waals surface area contributed by atoms with Crippen LogP contribution in [-0.2, 0) is 4.79 Å². The lowest BCUT2D eigenvalue weighted by Crippen LogP contribution is -1.71. The van der Waals surface area contributed by atoms with Crippen molar-refractivity contribution in [2.24, 2.45) is 0 Å². The van der Waals surface area contributed by atoms with E-state index < -0.39 is 0 Å². The number of hydrogen-bond donors (Lipinski definition) is 0. The van der Waals surface area contributed by atoms with Gasteiger partial charge in [0, 0.05) is 12.8 Å². The predicted octanol–water partition coefficient (Wildman–Crippen LogP) is 3.16. The normalized spacial score (nSPS) is 10.8. The first-order valence-corrected chi connectivity index (χ1v) is 5.02. The monoisotopic (exact) mass is 191 g/mol. The lowest BCUT2D eigenvalue weighted by atomic mass is 10.2. The van der Waals surface area contributed by atoms with Crippen molar-refractivity contribution in [1.29, 1.82) is 5.26 Å². The topological polar surface area (TPSA) is 40.9 Å². The van der Waals surface area contributed by atoms with Gasteiger partial charge >= 0.3 is 0 Å². The summed E-state index contributed by atoms with van der Waals surface area (Å²) in [7, 11) is 0. The van der Waals surface area contributed by atoms with Crippen molar-refractivity contribution >= 4 is 6.29 Å². The van der Waals surface area contributed by atoms with Gasteiger partial charge in [-0.05, 0) is 25.7 Å². The second-order valence-corrected chi connectivity index (χ2v) is 2.96. The second-order valence-electron chi connectivity index (χ2n) is 2.96. The Balaban J connectivity index is 3.20. The Labute approximate surface area is 85.9 Å². The average molecular weight is 191 g/mol. The Kier molecular flexibility index (Phi) is 10.5. The predicted molar refractivity (Wildman–Crippen MR) is 57.7 cm³/mol. The fourth-order valence-corrected chi connectivity index (χ4v) is 0.976. The Morgan fingerprint density at radius 3 is 1.86 bits per heavy atom. The minimum atomic E-state index is 0.603. The molecule has 0 saturated carbocycles. The number of hydrogen-bond acceptors (Lipinski definition) is 2. The van der Waals surface area contributed by atoms with Gasteiger partial charge in [-0.25, -0.2) is 0 Å². The molecule has 0 aromatic carbocycles. The van der Waals surface area contributed by atoms with Gasteiger partial charge in [-0.2, -0.15) is 5.26 Å². The third kappa shape index (κ3) is 10.6. The van der Waals surface area contributed by atoms with E-state index in [1.54, 1.807) is 0 Å². The molecular formula is C12H17NO. The Morgan fingerprint density at radius 1 is 0.857 bits per heavy atom. The molecule has 0 radical (unpaired) electrons. The van der Waals surface area contributed by atoms with Crippen molar-refractivity contribution in [3.05, 3.63) is 24.3 Å². The first kappa shape index (κ1) is 12.6. The molecule has 0 aromatic heterocycles. The van der Waals surface area contributed by atoms with Crippen molar-refractivity contribution in [2.45, 2.75) is 38.5 Å². The molecule has 0 aliphatic rings. The SMILES string of the molecule is N#CCC/C=C/CC/C=C/CCC=O. The molecule has 0 atom stereocenters. The summed E-state index contributed by atoms with van der Waals surface area (Å²) < 4.78 is 0. The highest BCUT2D eigenvalue weighted by molar-refractivity contribution is 5.49. The highest BCUT2D eigenvalue weighted by Crippen LogP contribution is 1.97. The molecule has 0 saturated heterocycles. The van der Waals surface area contributed by atoms with Crippen LogP contribution in [0.2, 0.25) is 0 Å². The van der Waals surface area contributed by atoms with E-state index in [0.717, 1.165) is 32.0 Å². The van der Waals surface area contributed by atoms with Gasteiger partial charge in [-0.15, -0.1) is 0 Å². The molecule has 0 rings (SSSR count). The van der Waals surface area contributed by atoms with Crippen LogP contribution in [0.4, 0.5) is 0 Å². The highest BCUT2D eigenvalue weighted by atomic mass is 16.1. The van der Waals surface area contributed by atoms with Gasteiger partial charge in [0.2, 0.25) is 0 Å². The summed E-state index contributed by atoms with van der Waals surface area (Å²) in [6, 6.07) is 2.09. The zero-order chi connectivity index (χ0) is 10.5. The lowest BCUT2D eigenvalue weighted by Gasteiger charge is -1.87. The van der Waals surface area contributed by atoms with Crippen molar-refractivity contribution in [1.82, 2.24) is 0 Å². The maximum atomic E-state index is 9.97. The zero-order valence-electron chi connectivity index (χ0n) is 8.48. The van der Waals surface area contributed by atoms with Crippen molar-refractivity contribution in [2.75, 3.05) is 0 Å². The van der Waals surface area contributed by atoms with Crippen LogP contribution in [0.5, 0.6) is 0 Å². The molecule has 0 aliphatic carbocycles. The van der Waals surface area contributed by atoms with E-state index in [0.29, 0.717) is 12.8 Å². The molecular weight excluding hydrogens is 174 g/mol. The highest BCUT2D eigenvalue weighted by Gasteiger charge is 1.80. The molecule has 0 heterocycles. The first-order valence-electron chi connectivity index (χ1n) is 5.02. The van der Waals surface area contributed by atoms with Crippen LogP contribution in [0.1, 0.15) is 38.5 Å². The van der Waals surface area contributed by atoms with Gasteiger partial charge in [0.1, 0.15) is 6.29 Å². The maximum absolute atomic E-state index is 9.97. The first-order chi connectivity index (χ1) is 6.91. The minimum Gasteiger partial charge on any atom is -0.303 e. The van der Waals surface area contributed by atoms with Crippen LogP contribution >= 0.6 is 0 Å². The van der Waals surface area contributed by atoms with Gasteiger partial charge in [0.15, 0.2) is 0 Å². The van der Waals surface area contributed by atoms with Crippen molar-refractivity contribution < 1.29 is 4.79 Å².